The van der Waals surface area contributed by atoms with Crippen molar-refractivity contribution in [3.8, 4) is 11.5 Å². The van der Waals surface area contributed by atoms with Crippen LogP contribution in [0, 0.1) is 5.82 Å². The van der Waals surface area contributed by atoms with Gasteiger partial charge < -0.3 is 9.47 Å². The van der Waals surface area contributed by atoms with Crippen LogP contribution < -0.4 is 9.47 Å². The minimum absolute atomic E-state index is 0.0450. The van der Waals surface area contributed by atoms with E-state index < -0.39 is 11.8 Å². The highest BCUT2D eigenvalue weighted by molar-refractivity contribution is 6.14. The van der Waals surface area contributed by atoms with Gasteiger partial charge in [0.2, 0.25) is 5.78 Å². The second-order valence-corrected chi connectivity index (χ2v) is 8.37. The van der Waals surface area contributed by atoms with E-state index in [-0.39, 0.29) is 28.3 Å². The van der Waals surface area contributed by atoms with Gasteiger partial charge in [-0.25, -0.2) is 9.18 Å². The number of hydrogen-bond donors (Lipinski definition) is 0. The molecule has 0 unspecified atom stereocenters. The van der Waals surface area contributed by atoms with Gasteiger partial charge in [0.15, 0.2) is 5.76 Å². The summed E-state index contributed by atoms with van der Waals surface area (Å²) in [7, 11) is 0. The zero-order valence-electron chi connectivity index (χ0n) is 17.4. The lowest BCUT2D eigenvalue weighted by Gasteiger charge is -2.18. The predicted octanol–water partition coefficient (Wildman–Crippen LogP) is 5.96. The molecule has 0 atom stereocenters. The Morgan fingerprint density at radius 2 is 1.65 bits per heavy atom. The van der Waals surface area contributed by atoms with Crippen LogP contribution in [0.2, 0.25) is 0 Å². The van der Waals surface area contributed by atoms with Gasteiger partial charge >= 0.3 is 5.97 Å². The van der Waals surface area contributed by atoms with Crippen LogP contribution in [0.4, 0.5) is 4.39 Å². The van der Waals surface area contributed by atoms with Gasteiger partial charge in [-0.15, -0.1) is 0 Å². The molecular formula is C26H21FO4. The summed E-state index contributed by atoms with van der Waals surface area (Å²) in [5, 5.41) is 0. The summed E-state index contributed by atoms with van der Waals surface area (Å²) >= 11 is 0. The van der Waals surface area contributed by atoms with Gasteiger partial charge in [-0.05, 0) is 59.0 Å². The number of ether oxygens (including phenoxy) is 2. The van der Waals surface area contributed by atoms with Gasteiger partial charge in [0.25, 0.3) is 0 Å². The maximum absolute atomic E-state index is 13.0. The molecule has 0 spiro atoms. The molecule has 0 amide bonds. The van der Waals surface area contributed by atoms with Gasteiger partial charge in [0, 0.05) is 6.07 Å². The number of carbonyl (C=O) groups excluding carboxylic acids is 2. The SMILES string of the molecule is CC(C)(C)c1ccc(/C=C2\Oc3cc(OC(=O)c4ccc(F)cc4)ccc3C2=O)cc1. The van der Waals surface area contributed by atoms with Crippen molar-refractivity contribution < 1.29 is 23.5 Å². The molecule has 1 aliphatic heterocycles. The molecule has 156 valence electrons. The molecule has 3 aromatic carbocycles. The van der Waals surface area contributed by atoms with E-state index in [4.69, 9.17) is 9.47 Å². The van der Waals surface area contributed by atoms with Crippen LogP contribution in [0.1, 0.15) is 52.6 Å². The lowest BCUT2D eigenvalue weighted by molar-refractivity contribution is 0.0734. The van der Waals surface area contributed by atoms with E-state index in [0.717, 1.165) is 5.56 Å². The Balaban J connectivity index is 1.52. The van der Waals surface area contributed by atoms with Gasteiger partial charge in [0.1, 0.15) is 17.3 Å². The van der Waals surface area contributed by atoms with E-state index >= 15 is 0 Å². The summed E-state index contributed by atoms with van der Waals surface area (Å²) < 4.78 is 24.1. The molecule has 4 nitrogen and oxygen atoms in total. The van der Waals surface area contributed by atoms with Crippen molar-refractivity contribution in [2.45, 2.75) is 26.2 Å². The van der Waals surface area contributed by atoms with Crippen LogP contribution in [-0.2, 0) is 5.41 Å². The molecule has 0 bridgehead atoms. The summed E-state index contributed by atoms with van der Waals surface area (Å²) in [6.45, 7) is 6.42. The van der Waals surface area contributed by atoms with Crippen molar-refractivity contribution in [2.24, 2.45) is 0 Å². The van der Waals surface area contributed by atoms with Crippen molar-refractivity contribution in [1.82, 2.24) is 0 Å². The largest absolute Gasteiger partial charge is 0.452 e. The molecule has 3 aromatic rings. The van der Waals surface area contributed by atoms with E-state index in [1.165, 1.54) is 42.0 Å². The number of benzene rings is 3. The molecule has 0 aliphatic carbocycles. The summed E-state index contributed by atoms with van der Waals surface area (Å²) in [4.78, 5) is 24.9. The molecular weight excluding hydrogens is 395 g/mol. The van der Waals surface area contributed by atoms with E-state index in [1.807, 2.05) is 24.3 Å². The van der Waals surface area contributed by atoms with E-state index in [2.05, 4.69) is 20.8 Å². The van der Waals surface area contributed by atoms with Crippen molar-refractivity contribution in [3.63, 3.8) is 0 Å². The van der Waals surface area contributed by atoms with Gasteiger partial charge in [-0.1, -0.05) is 45.0 Å². The average Bonchev–Trinajstić information content (AvgIpc) is 3.03. The summed E-state index contributed by atoms with van der Waals surface area (Å²) in [5.41, 5.74) is 2.72. The smallest absolute Gasteiger partial charge is 0.343 e. The number of ketones is 1. The summed E-state index contributed by atoms with van der Waals surface area (Å²) in [6.07, 6.45) is 1.69. The van der Waals surface area contributed by atoms with E-state index in [0.29, 0.717) is 11.3 Å². The zero-order chi connectivity index (χ0) is 22.2. The van der Waals surface area contributed by atoms with Crippen LogP contribution in [-0.4, -0.2) is 11.8 Å². The third-order valence-electron chi connectivity index (χ3n) is 5.01. The molecule has 0 saturated carbocycles. The van der Waals surface area contributed by atoms with E-state index in [9.17, 15) is 14.0 Å². The lowest BCUT2D eigenvalue weighted by Crippen LogP contribution is -2.10. The monoisotopic (exact) mass is 416 g/mol. The Labute approximate surface area is 179 Å². The zero-order valence-corrected chi connectivity index (χ0v) is 17.4. The molecule has 1 aliphatic rings. The lowest BCUT2D eigenvalue weighted by atomic mass is 9.86. The number of esters is 1. The first-order chi connectivity index (χ1) is 14.7. The van der Waals surface area contributed by atoms with Crippen LogP contribution in [0.25, 0.3) is 6.08 Å². The van der Waals surface area contributed by atoms with Crippen molar-refractivity contribution in [3.05, 3.63) is 101 Å². The van der Waals surface area contributed by atoms with Gasteiger partial charge in [-0.3, -0.25) is 4.79 Å². The number of fused-ring (bicyclic) bond motifs is 1. The third kappa shape index (κ3) is 4.40. The molecule has 0 saturated heterocycles. The average molecular weight is 416 g/mol. The first-order valence-electron chi connectivity index (χ1n) is 9.87. The molecule has 5 heteroatoms. The highest BCUT2D eigenvalue weighted by atomic mass is 19.1. The summed E-state index contributed by atoms with van der Waals surface area (Å²) in [6, 6.07) is 17.6. The minimum atomic E-state index is -0.626. The Kier molecular flexibility index (Phi) is 5.19. The van der Waals surface area contributed by atoms with Crippen LogP contribution in [0.5, 0.6) is 11.5 Å². The second-order valence-electron chi connectivity index (χ2n) is 8.37. The number of halogens is 1. The normalized spacial score (nSPS) is 14.3. The van der Waals surface area contributed by atoms with E-state index in [1.54, 1.807) is 12.1 Å². The number of allylic oxidation sites excluding steroid dienone is 1. The maximum atomic E-state index is 13.0. The second kappa shape index (κ2) is 7.84. The first-order valence-corrected chi connectivity index (χ1v) is 9.87. The summed E-state index contributed by atoms with van der Waals surface area (Å²) in [5.74, 6) is -0.525. The Hall–Kier alpha value is -3.73. The third-order valence-corrected chi connectivity index (χ3v) is 5.01. The van der Waals surface area contributed by atoms with Crippen molar-refractivity contribution >= 4 is 17.8 Å². The molecule has 0 N–H and O–H groups in total. The van der Waals surface area contributed by atoms with Crippen molar-refractivity contribution in [1.29, 1.82) is 0 Å². The molecule has 4 rings (SSSR count). The Bertz CT molecular complexity index is 1180. The fraction of sp³-hybridized carbons (Fsp3) is 0.154. The highest BCUT2D eigenvalue weighted by Crippen LogP contribution is 2.35. The molecule has 0 radical (unpaired) electrons. The first kappa shape index (κ1) is 20.5. The highest BCUT2D eigenvalue weighted by Gasteiger charge is 2.28. The number of Topliss-reactive ketones (excluding diaryl/α,β-unsaturated/α-hetero) is 1. The number of carbonyl (C=O) groups is 2. The Morgan fingerprint density at radius 1 is 0.968 bits per heavy atom. The fourth-order valence-electron chi connectivity index (χ4n) is 3.21. The van der Waals surface area contributed by atoms with Crippen molar-refractivity contribution in [2.75, 3.05) is 0 Å². The quantitative estimate of drug-likeness (QED) is 0.300. The topological polar surface area (TPSA) is 52.6 Å². The molecule has 31 heavy (non-hydrogen) atoms. The van der Waals surface area contributed by atoms with Crippen LogP contribution in [0.3, 0.4) is 0 Å². The van der Waals surface area contributed by atoms with Gasteiger partial charge in [-0.2, -0.15) is 0 Å². The van der Waals surface area contributed by atoms with Gasteiger partial charge in [0.05, 0.1) is 11.1 Å². The fourth-order valence-corrected chi connectivity index (χ4v) is 3.21. The predicted molar refractivity (Wildman–Crippen MR) is 116 cm³/mol. The molecule has 1 heterocycles. The minimum Gasteiger partial charge on any atom is -0.452 e. The maximum Gasteiger partial charge on any atom is 0.343 e. The number of hydrogen-bond acceptors (Lipinski definition) is 4. The molecule has 0 fully saturated rings. The number of rotatable bonds is 3. The van der Waals surface area contributed by atoms with Crippen LogP contribution in [0.15, 0.2) is 72.5 Å². The standard InChI is InChI=1S/C26H21FO4/c1-26(2,3)18-8-4-16(5-9-18)14-23-24(28)21-13-12-20(15-22(21)31-23)30-25(29)17-6-10-19(27)11-7-17/h4-15H,1-3H3/b23-14-. The Morgan fingerprint density at radius 3 is 2.29 bits per heavy atom. The molecule has 0 aromatic heterocycles. The van der Waals surface area contributed by atoms with Crippen LogP contribution >= 0.6 is 0 Å².